The lowest BCUT2D eigenvalue weighted by Crippen LogP contribution is -2.29. The van der Waals surface area contributed by atoms with Gasteiger partial charge in [0.2, 0.25) is 5.95 Å². The van der Waals surface area contributed by atoms with Crippen LogP contribution in [0.5, 0.6) is 0 Å². The van der Waals surface area contributed by atoms with E-state index in [9.17, 15) is 13.2 Å². The van der Waals surface area contributed by atoms with Gasteiger partial charge in [-0.05, 0) is 19.8 Å². The van der Waals surface area contributed by atoms with Crippen LogP contribution in [0, 0.1) is 0 Å². The molecule has 0 radical (unpaired) electrons. The van der Waals surface area contributed by atoms with Crippen LogP contribution in [0.1, 0.15) is 44.7 Å². The molecule has 2 rings (SSSR count). The van der Waals surface area contributed by atoms with E-state index in [4.69, 9.17) is 0 Å². The second-order valence-electron chi connectivity index (χ2n) is 5.22. The number of nitrogens with zero attached hydrogens (tertiary/aromatic N) is 3. The van der Waals surface area contributed by atoms with Gasteiger partial charge in [0.25, 0.3) is 0 Å². The first-order valence-corrected chi connectivity index (χ1v) is 7.46. The Morgan fingerprint density at radius 3 is 2.29 bits per heavy atom. The Morgan fingerprint density at radius 2 is 1.71 bits per heavy atom. The van der Waals surface area contributed by atoms with E-state index in [1.54, 1.807) is 6.92 Å². The number of nitrogens with one attached hydrogen (secondary N) is 1. The Morgan fingerprint density at radius 1 is 1.10 bits per heavy atom. The maximum atomic E-state index is 13.0. The molecule has 0 aromatic carbocycles. The molecule has 1 fully saturated rings. The van der Waals surface area contributed by atoms with E-state index in [0.717, 1.165) is 44.8 Å². The number of aromatic nitrogens is 2. The zero-order chi connectivity index (χ0) is 15.3. The van der Waals surface area contributed by atoms with Crippen LogP contribution in [0.25, 0.3) is 0 Å². The van der Waals surface area contributed by atoms with Gasteiger partial charge >= 0.3 is 6.18 Å². The zero-order valence-electron chi connectivity index (χ0n) is 12.2. The highest BCUT2D eigenvalue weighted by molar-refractivity contribution is 5.45. The van der Waals surface area contributed by atoms with E-state index in [2.05, 4.69) is 15.3 Å². The minimum atomic E-state index is -4.45. The highest BCUT2D eigenvalue weighted by atomic mass is 19.4. The fraction of sp³-hybridized carbons (Fsp3) is 0.714. The molecule has 1 aliphatic heterocycles. The Balaban J connectivity index is 2.29. The van der Waals surface area contributed by atoms with Crippen molar-refractivity contribution in [2.75, 3.05) is 29.9 Å². The molecule has 1 N–H and O–H groups in total. The summed E-state index contributed by atoms with van der Waals surface area (Å²) in [4.78, 5) is 9.74. The van der Waals surface area contributed by atoms with E-state index in [0.29, 0.717) is 12.4 Å². The largest absolute Gasteiger partial charge is 0.433 e. The molecule has 2 heterocycles. The molecule has 0 amide bonds. The maximum Gasteiger partial charge on any atom is 0.433 e. The van der Waals surface area contributed by atoms with Crippen molar-refractivity contribution in [3.8, 4) is 0 Å². The van der Waals surface area contributed by atoms with Gasteiger partial charge in [0.1, 0.15) is 5.82 Å². The first kappa shape index (κ1) is 15.9. The van der Waals surface area contributed by atoms with E-state index in [1.165, 1.54) is 6.42 Å². The Kier molecular flexibility index (Phi) is 5.25. The summed E-state index contributed by atoms with van der Waals surface area (Å²) in [5.74, 6) is 0.416. The third-order valence-electron chi connectivity index (χ3n) is 3.52. The quantitative estimate of drug-likeness (QED) is 0.924. The molecule has 0 atom stereocenters. The molecule has 0 aliphatic carbocycles. The lowest BCUT2D eigenvalue weighted by molar-refractivity contribution is -0.141. The topological polar surface area (TPSA) is 41.1 Å². The van der Waals surface area contributed by atoms with Gasteiger partial charge in [-0.3, -0.25) is 0 Å². The smallest absolute Gasteiger partial charge is 0.356 e. The van der Waals surface area contributed by atoms with E-state index >= 15 is 0 Å². The fourth-order valence-electron chi connectivity index (χ4n) is 2.46. The standard InChI is InChI=1S/C14H21F3N4/c1-2-18-13-19-11(14(15,16)17)10-12(20-13)21-8-6-4-3-5-7-9-21/h10H,2-9H2,1H3,(H,18,19,20). The number of hydrogen-bond acceptors (Lipinski definition) is 4. The van der Waals surface area contributed by atoms with Gasteiger partial charge in [-0.25, -0.2) is 4.98 Å². The molecule has 4 nitrogen and oxygen atoms in total. The Hall–Kier alpha value is -1.53. The van der Waals surface area contributed by atoms with Crippen molar-refractivity contribution in [2.24, 2.45) is 0 Å². The molecule has 1 saturated heterocycles. The fourth-order valence-corrected chi connectivity index (χ4v) is 2.46. The van der Waals surface area contributed by atoms with Gasteiger partial charge in [0, 0.05) is 25.7 Å². The molecule has 0 bridgehead atoms. The lowest BCUT2D eigenvalue weighted by atomic mass is 10.1. The van der Waals surface area contributed by atoms with Gasteiger partial charge < -0.3 is 10.2 Å². The van der Waals surface area contributed by atoms with E-state index in [-0.39, 0.29) is 5.95 Å². The molecular weight excluding hydrogens is 281 g/mol. The summed E-state index contributed by atoms with van der Waals surface area (Å²) in [5.41, 5.74) is -0.884. The Labute approximate surface area is 122 Å². The summed E-state index contributed by atoms with van der Waals surface area (Å²) in [5, 5.41) is 2.78. The number of rotatable bonds is 3. The normalized spacial score (nSPS) is 17.2. The average Bonchev–Trinajstić information content (AvgIpc) is 2.37. The van der Waals surface area contributed by atoms with Gasteiger partial charge in [-0.2, -0.15) is 18.2 Å². The molecule has 1 aromatic rings. The third kappa shape index (κ3) is 4.47. The highest BCUT2D eigenvalue weighted by Crippen LogP contribution is 2.31. The van der Waals surface area contributed by atoms with Crippen molar-refractivity contribution in [2.45, 2.75) is 45.2 Å². The van der Waals surface area contributed by atoms with Crippen molar-refractivity contribution < 1.29 is 13.2 Å². The van der Waals surface area contributed by atoms with Gasteiger partial charge in [0.15, 0.2) is 5.69 Å². The van der Waals surface area contributed by atoms with Crippen LogP contribution >= 0.6 is 0 Å². The molecule has 1 aliphatic rings. The van der Waals surface area contributed by atoms with Crippen molar-refractivity contribution in [3.63, 3.8) is 0 Å². The summed E-state index contributed by atoms with van der Waals surface area (Å²) < 4.78 is 38.9. The first-order valence-electron chi connectivity index (χ1n) is 7.46. The number of hydrogen-bond donors (Lipinski definition) is 1. The van der Waals surface area contributed by atoms with Crippen LogP contribution in [-0.4, -0.2) is 29.6 Å². The predicted octanol–water partition coefficient (Wildman–Crippen LogP) is 3.70. The molecule has 0 spiro atoms. The van der Waals surface area contributed by atoms with E-state index < -0.39 is 11.9 Å². The predicted molar refractivity (Wildman–Crippen MR) is 76.5 cm³/mol. The minimum Gasteiger partial charge on any atom is -0.356 e. The van der Waals surface area contributed by atoms with Gasteiger partial charge in [-0.1, -0.05) is 19.3 Å². The molecule has 21 heavy (non-hydrogen) atoms. The van der Waals surface area contributed by atoms with Crippen molar-refractivity contribution in [1.29, 1.82) is 0 Å². The van der Waals surface area contributed by atoms with Crippen LogP contribution in [0.3, 0.4) is 0 Å². The van der Waals surface area contributed by atoms with E-state index in [1.807, 2.05) is 4.90 Å². The van der Waals surface area contributed by atoms with Gasteiger partial charge in [-0.15, -0.1) is 0 Å². The number of halogens is 3. The van der Waals surface area contributed by atoms with Crippen LogP contribution in [0.2, 0.25) is 0 Å². The van der Waals surface area contributed by atoms with Crippen molar-refractivity contribution in [1.82, 2.24) is 9.97 Å². The first-order chi connectivity index (χ1) is 10.0. The number of alkyl halides is 3. The maximum absolute atomic E-state index is 13.0. The summed E-state index contributed by atoms with van der Waals surface area (Å²) in [6.07, 6.45) is 0.962. The monoisotopic (exact) mass is 302 g/mol. The molecule has 0 unspecified atom stereocenters. The SMILES string of the molecule is CCNc1nc(N2CCCCCCC2)cc(C(F)(F)F)n1. The Bertz CT molecular complexity index is 454. The second-order valence-corrected chi connectivity index (χ2v) is 5.22. The van der Waals surface area contributed by atoms with Crippen LogP contribution in [0.4, 0.5) is 24.9 Å². The number of anilines is 2. The highest BCUT2D eigenvalue weighted by Gasteiger charge is 2.34. The average molecular weight is 302 g/mol. The molecule has 0 saturated carbocycles. The molecule has 1 aromatic heterocycles. The summed E-state index contributed by atoms with van der Waals surface area (Å²) >= 11 is 0. The zero-order valence-corrected chi connectivity index (χ0v) is 12.2. The van der Waals surface area contributed by atoms with Crippen LogP contribution in [0.15, 0.2) is 6.07 Å². The molecular formula is C14H21F3N4. The lowest BCUT2D eigenvalue weighted by Gasteiger charge is -2.26. The van der Waals surface area contributed by atoms with Crippen LogP contribution < -0.4 is 10.2 Å². The van der Waals surface area contributed by atoms with Crippen molar-refractivity contribution >= 4 is 11.8 Å². The second kappa shape index (κ2) is 6.95. The molecule has 7 heteroatoms. The minimum absolute atomic E-state index is 0.0457. The molecule has 118 valence electrons. The van der Waals surface area contributed by atoms with Gasteiger partial charge in [0.05, 0.1) is 0 Å². The van der Waals surface area contributed by atoms with Crippen LogP contribution in [-0.2, 0) is 6.18 Å². The van der Waals surface area contributed by atoms with Crippen molar-refractivity contribution in [3.05, 3.63) is 11.8 Å². The summed E-state index contributed by atoms with van der Waals surface area (Å²) in [6, 6.07) is 1.06. The summed E-state index contributed by atoms with van der Waals surface area (Å²) in [6.45, 7) is 3.79. The summed E-state index contributed by atoms with van der Waals surface area (Å²) in [7, 11) is 0. The third-order valence-corrected chi connectivity index (χ3v) is 3.52.